The summed E-state index contributed by atoms with van der Waals surface area (Å²) in [5.41, 5.74) is -0.993. The van der Waals surface area contributed by atoms with E-state index < -0.39 is 15.6 Å². The Labute approximate surface area is 95.1 Å². The first-order valence-corrected chi connectivity index (χ1v) is 6.63. The number of nitrogens with one attached hydrogen (secondary N) is 2. The first-order chi connectivity index (χ1) is 7.43. The van der Waals surface area contributed by atoms with Gasteiger partial charge in [0, 0.05) is 6.54 Å². The third kappa shape index (κ3) is 3.03. The van der Waals surface area contributed by atoms with Crippen LogP contribution >= 0.6 is 0 Å². The molecule has 0 atom stereocenters. The normalized spacial score (nSPS) is 12.9. The molecule has 0 amide bonds. The highest BCUT2D eigenvalue weighted by Crippen LogP contribution is 2.14. The average molecular weight is 247 g/mol. The Hall–Kier alpha value is -0.920. The Balaban J connectivity index is 2.69. The van der Waals surface area contributed by atoms with E-state index in [1.165, 1.54) is 12.3 Å². The van der Waals surface area contributed by atoms with Gasteiger partial charge in [0.15, 0.2) is 5.03 Å². The fourth-order valence-electron chi connectivity index (χ4n) is 1.20. The molecule has 0 saturated carbocycles. The van der Waals surface area contributed by atoms with E-state index in [4.69, 9.17) is 0 Å². The van der Waals surface area contributed by atoms with Crippen LogP contribution in [-0.2, 0) is 10.0 Å². The molecule has 0 bridgehead atoms. The summed E-state index contributed by atoms with van der Waals surface area (Å²) in [7, 11) is -3.60. The smallest absolute Gasteiger partial charge is 0.257 e. The van der Waals surface area contributed by atoms with Crippen LogP contribution in [0.25, 0.3) is 0 Å². The molecule has 6 nitrogen and oxygen atoms in total. The van der Waals surface area contributed by atoms with E-state index in [2.05, 4.69) is 14.9 Å². The van der Waals surface area contributed by atoms with Gasteiger partial charge in [0.25, 0.3) is 10.0 Å². The Bertz CT molecular complexity index is 409. The van der Waals surface area contributed by atoms with Crippen molar-refractivity contribution < 1.29 is 13.5 Å². The minimum atomic E-state index is -3.60. The highest BCUT2D eigenvalue weighted by atomic mass is 32.2. The molecule has 0 aliphatic heterocycles. The molecule has 7 heteroatoms. The van der Waals surface area contributed by atoms with Crippen LogP contribution in [0.3, 0.4) is 0 Å². The zero-order chi connectivity index (χ0) is 12.2. The van der Waals surface area contributed by atoms with Crippen LogP contribution in [0.4, 0.5) is 0 Å². The van der Waals surface area contributed by atoms with Gasteiger partial charge in [-0.15, -0.1) is 0 Å². The summed E-state index contributed by atoms with van der Waals surface area (Å²) in [5.74, 6) is 0. The zero-order valence-corrected chi connectivity index (χ0v) is 10.2. The summed E-state index contributed by atoms with van der Waals surface area (Å²) in [4.78, 5) is 0. The molecule has 0 saturated heterocycles. The second-order valence-electron chi connectivity index (χ2n) is 3.68. The SMILES string of the molecule is CCC(O)(CC)CNS(=O)(=O)c1ccn[nH]1. The maximum atomic E-state index is 11.7. The van der Waals surface area contributed by atoms with Crippen LogP contribution in [0.1, 0.15) is 26.7 Å². The highest BCUT2D eigenvalue weighted by Gasteiger charge is 2.25. The molecule has 3 N–H and O–H groups in total. The number of aromatic amines is 1. The van der Waals surface area contributed by atoms with E-state index in [0.29, 0.717) is 12.8 Å². The number of aliphatic hydroxyl groups is 1. The standard InChI is InChI=1S/C9H17N3O3S/c1-3-9(13,4-2)7-11-16(14,15)8-5-6-10-12-8/h5-6,11,13H,3-4,7H2,1-2H3,(H,10,12). The van der Waals surface area contributed by atoms with Crippen molar-refractivity contribution in [3.8, 4) is 0 Å². The summed E-state index contributed by atoms with van der Waals surface area (Å²) in [5, 5.41) is 15.9. The van der Waals surface area contributed by atoms with E-state index >= 15 is 0 Å². The van der Waals surface area contributed by atoms with Crippen molar-refractivity contribution in [1.82, 2.24) is 14.9 Å². The fraction of sp³-hybridized carbons (Fsp3) is 0.667. The molecule has 0 fully saturated rings. The van der Waals surface area contributed by atoms with Gasteiger partial charge >= 0.3 is 0 Å². The van der Waals surface area contributed by atoms with Crippen molar-refractivity contribution in [1.29, 1.82) is 0 Å². The molecule has 1 rings (SSSR count). The molecule has 1 aromatic heterocycles. The van der Waals surface area contributed by atoms with Crippen molar-refractivity contribution in [3.05, 3.63) is 12.3 Å². The van der Waals surface area contributed by atoms with E-state index in [1.807, 2.05) is 13.8 Å². The molecule has 0 aliphatic rings. The van der Waals surface area contributed by atoms with Gasteiger partial charge in [0.05, 0.1) is 11.8 Å². The van der Waals surface area contributed by atoms with Crippen LogP contribution in [0, 0.1) is 0 Å². The monoisotopic (exact) mass is 247 g/mol. The molecule has 92 valence electrons. The van der Waals surface area contributed by atoms with Crippen molar-refractivity contribution in [2.75, 3.05) is 6.54 Å². The summed E-state index contributed by atoms with van der Waals surface area (Å²) < 4.78 is 25.7. The molecule has 1 aromatic rings. The van der Waals surface area contributed by atoms with Crippen LogP contribution in [0.15, 0.2) is 17.3 Å². The lowest BCUT2D eigenvalue weighted by Gasteiger charge is -2.24. The number of aromatic nitrogens is 2. The van der Waals surface area contributed by atoms with Gasteiger partial charge in [0.2, 0.25) is 0 Å². The van der Waals surface area contributed by atoms with E-state index in [-0.39, 0.29) is 11.6 Å². The highest BCUT2D eigenvalue weighted by molar-refractivity contribution is 7.89. The molecule has 0 aliphatic carbocycles. The number of sulfonamides is 1. The van der Waals surface area contributed by atoms with E-state index in [1.54, 1.807) is 0 Å². The predicted octanol–water partition coefficient (Wildman–Crippen LogP) is 0.239. The number of H-pyrrole nitrogens is 1. The summed E-state index contributed by atoms with van der Waals surface area (Å²) in [6.07, 6.45) is 2.35. The fourth-order valence-corrected chi connectivity index (χ4v) is 2.23. The Kier molecular flexibility index (Phi) is 4.06. The van der Waals surface area contributed by atoms with E-state index in [0.717, 1.165) is 0 Å². The third-order valence-electron chi connectivity index (χ3n) is 2.67. The van der Waals surface area contributed by atoms with Crippen molar-refractivity contribution in [2.24, 2.45) is 0 Å². The van der Waals surface area contributed by atoms with Gasteiger partial charge in [-0.3, -0.25) is 5.10 Å². The first kappa shape index (κ1) is 13.1. The predicted molar refractivity (Wildman–Crippen MR) is 59.3 cm³/mol. The number of hydrogen-bond acceptors (Lipinski definition) is 4. The quantitative estimate of drug-likeness (QED) is 0.671. The molecule has 0 unspecified atom stereocenters. The van der Waals surface area contributed by atoms with E-state index in [9.17, 15) is 13.5 Å². The Morgan fingerprint density at radius 3 is 2.56 bits per heavy atom. The van der Waals surface area contributed by atoms with Gasteiger partial charge in [-0.1, -0.05) is 13.8 Å². The largest absolute Gasteiger partial charge is 0.389 e. The lowest BCUT2D eigenvalue weighted by atomic mass is 9.98. The average Bonchev–Trinajstić information content (AvgIpc) is 2.80. The number of hydrogen-bond donors (Lipinski definition) is 3. The molecular formula is C9H17N3O3S. The first-order valence-electron chi connectivity index (χ1n) is 5.15. The summed E-state index contributed by atoms with van der Waals surface area (Å²) in [6.45, 7) is 3.63. The van der Waals surface area contributed by atoms with Gasteiger partial charge in [-0.05, 0) is 18.9 Å². The minimum absolute atomic E-state index is 0.00134. The lowest BCUT2D eigenvalue weighted by molar-refractivity contribution is 0.0377. The number of nitrogens with zero attached hydrogens (tertiary/aromatic N) is 1. The molecule has 0 aromatic carbocycles. The van der Waals surface area contributed by atoms with Gasteiger partial charge < -0.3 is 5.11 Å². The Morgan fingerprint density at radius 1 is 1.50 bits per heavy atom. The summed E-state index contributed by atoms with van der Waals surface area (Å²) in [6, 6.07) is 1.36. The van der Waals surface area contributed by atoms with Crippen LogP contribution in [0.2, 0.25) is 0 Å². The Morgan fingerprint density at radius 2 is 2.12 bits per heavy atom. The molecule has 16 heavy (non-hydrogen) atoms. The minimum Gasteiger partial charge on any atom is -0.389 e. The zero-order valence-electron chi connectivity index (χ0n) is 9.40. The number of rotatable bonds is 6. The second kappa shape index (κ2) is 4.94. The second-order valence-corrected chi connectivity index (χ2v) is 5.41. The lowest BCUT2D eigenvalue weighted by Crippen LogP contribution is -2.42. The molecular weight excluding hydrogens is 230 g/mol. The maximum absolute atomic E-state index is 11.7. The van der Waals surface area contributed by atoms with Crippen molar-refractivity contribution in [3.63, 3.8) is 0 Å². The third-order valence-corrected chi connectivity index (χ3v) is 4.00. The maximum Gasteiger partial charge on any atom is 0.257 e. The van der Waals surface area contributed by atoms with Crippen LogP contribution in [0.5, 0.6) is 0 Å². The van der Waals surface area contributed by atoms with Gasteiger partial charge in [-0.25, -0.2) is 13.1 Å². The van der Waals surface area contributed by atoms with Gasteiger partial charge in [0.1, 0.15) is 0 Å². The molecule has 0 spiro atoms. The van der Waals surface area contributed by atoms with Gasteiger partial charge in [-0.2, -0.15) is 5.10 Å². The summed E-state index contributed by atoms with van der Waals surface area (Å²) >= 11 is 0. The van der Waals surface area contributed by atoms with Crippen molar-refractivity contribution >= 4 is 10.0 Å². The molecule has 1 heterocycles. The van der Waals surface area contributed by atoms with Crippen LogP contribution in [-0.4, -0.2) is 35.9 Å². The van der Waals surface area contributed by atoms with Crippen molar-refractivity contribution in [2.45, 2.75) is 37.3 Å². The van der Waals surface area contributed by atoms with Crippen LogP contribution < -0.4 is 4.72 Å². The topological polar surface area (TPSA) is 95.1 Å². The molecule has 0 radical (unpaired) electrons.